The quantitative estimate of drug-likeness (QED) is 0.648. The second-order valence-corrected chi connectivity index (χ2v) is 5.92. The number of carbonyl (C=O) groups excluding carboxylic acids is 1. The van der Waals surface area contributed by atoms with E-state index in [9.17, 15) is 4.79 Å². The third kappa shape index (κ3) is 3.85. The van der Waals surface area contributed by atoms with Gasteiger partial charge < -0.3 is 9.64 Å². The smallest absolute Gasteiger partial charge is 0.235 e. The third-order valence-corrected chi connectivity index (χ3v) is 3.64. The summed E-state index contributed by atoms with van der Waals surface area (Å²) < 4.78 is 7.40. The maximum atomic E-state index is 11.9. The van der Waals surface area contributed by atoms with E-state index in [1.165, 1.54) is 6.92 Å². The fourth-order valence-electron chi connectivity index (χ4n) is 2.38. The Hall–Kier alpha value is -3.15. The van der Waals surface area contributed by atoms with Crippen molar-refractivity contribution in [3.63, 3.8) is 0 Å². The molecule has 0 unspecified atom stereocenters. The molecule has 0 amide bonds. The van der Waals surface area contributed by atoms with Crippen LogP contribution in [0, 0.1) is 0 Å². The van der Waals surface area contributed by atoms with Gasteiger partial charge >= 0.3 is 0 Å². The summed E-state index contributed by atoms with van der Waals surface area (Å²) in [7, 11) is 3.83. The van der Waals surface area contributed by atoms with Gasteiger partial charge in [-0.1, -0.05) is 30.3 Å². The van der Waals surface area contributed by atoms with Gasteiger partial charge in [0, 0.05) is 32.6 Å². The number of carbonyl (C=O) groups is 1. The van der Waals surface area contributed by atoms with Crippen molar-refractivity contribution in [1.82, 2.24) is 19.5 Å². The molecule has 0 aliphatic heterocycles. The summed E-state index contributed by atoms with van der Waals surface area (Å²) in [6.45, 7) is 1.94. The standard InChI is InChI=1S/C19H20N4O2/c1-14(24)16-12-20-18-11-19(25-13-15-7-5-4-6-8-15)21-23(18)17(16)9-10-22(2)3/h4-12H,13H2,1-3H3/b10-9+. The minimum atomic E-state index is -0.0601. The Bertz CT molecular complexity index is 914. The zero-order valence-corrected chi connectivity index (χ0v) is 14.5. The zero-order chi connectivity index (χ0) is 17.8. The number of ether oxygens (including phenoxy) is 1. The number of benzene rings is 1. The highest BCUT2D eigenvalue weighted by atomic mass is 16.5. The lowest BCUT2D eigenvalue weighted by molar-refractivity contribution is 0.101. The number of nitrogens with zero attached hydrogens (tertiary/aromatic N) is 4. The summed E-state index contributed by atoms with van der Waals surface area (Å²) >= 11 is 0. The molecule has 25 heavy (non-hydrogen) atoms. The molecule has 2 heterocycles. The van der Waals surface area contributed by atoms with Gasteiger partial charge in [-0.05, 0) is 18.6 Å². The molecule has 0 aliphatic carbocycles. The van der Waals surface area contributed by atoms with Gasteiger partial charge in [0.15, 0.2) is 11.4 Å². The molecule has 6 heteroatoms. The molecule has 0 bridgehead atoms. The minimum Gasteiger partial charge on any atom is -0.472 e. The van der Waals surface area contributed by atoms with Crippen molar-refractivity contribution in [1.29, 1.82) is 0 Å². The minimum absolute atomic E-state index is 0.0601. The van der Waals surface area contributed by atoms with E-state index in [2.05, 4.69) is 10.1 Å². The second kappa shape index (κ2) is 7.17. The van der Waals surface area contributed by atoms with Gasteiger partial charge in [0.25, 0.3) is 0 Å². The molecule has 0 aliphatic rings. The number of ketones is 1. The Labute approximate surface area is 146 Å². The molecule has 0 N–H and O–H groups in total. The molecule has 3 rings (SSSR count). The van der Waals surface area contributed by atoms with E-state index in [0.717, 1.165) is 5.56 Å². The van der Waals surface area contributed by atoms with Gasteiger partial charge in [-0.2, -0.15) is 0 Å². The Morgan fingerprint density at radius 3 is 2.72 bits per heavy atom. The summed E-state index contributed by atoms with van der Waals surface area (Å²) in [5.74, 6) is 0.409. The number of aromatic nitrogens is 3. The van der Waals surface area contributed by atoms with E-state index in [1.807, 2.05) is 61.6 Å². The average Bonchev–Trinajstić information content (AvgIpc) is 3.01. The van der Waals surface area contributed by atoms with Crippen LogP contribution in [0.2, 0.25) is 0 Å². The van der Waals surface area contributed by atoms with Crippen LogP contribution in [0.4, 0.5) is 0 Å². The average molecular weight is 336 g/mol. The SMILES string of the molecule is CC(=O)c1cnc2cc(OCc3ccccc3)nn2c1/C=C/N(C)C. The Balaban J connectivity index is 1.95. The summed E-state index contributed by atoms with van der Waals surface area (Å²) in [4.78, 5) is 18.1. The molecule has 0 saturated heterocycles. The second-order valence-electron chi connectivity index (χ2n) is 5.92. The van der Waals surface area contributed by atoms with Crippen LogP contribution in [-0.4, -0.2) is 39.4 Å². The molecular formula is C19H20N4O2. The molecule has 3 aromatic rings. The maximum Gasteiger partial charge on any atom is 0.235 e. The third-order valence-electron chi connectivity index (χ3n) is 3.64. The summed E-state index contributed by atoms with van der Waals surface area (Å²) in [5, 5.41) is 4.46. The molecule has 1 aromatic carbocycles. The first-order valence-electron chi connectivity index (χ1n) is 7.95. The van der Waals surface area contributed by atoms with Gasteiger partial charge in [0.05, 0.1) is 11.3 Å². The first-order valence-corrected chi connectivity index (χ1v) is 7.95. The lowest BCUT2D eigenvalue weighted by Gasteiger charge is -2.07. The molecule has 0 atom stereocenters. The number of fused-ring (bicyclic) bond motifs is 1. The highest BCUT2D eigenvalue weighted by molar-refractivity contribution is 5.97. The van der Waals surface area contributed by atoms with Gasteiger partial charge in [-0.15, -0.1) is 5.10 Å². The van der Waals surface area contributed by atoms with Crippen LogP contribution in [0.1, 0.15) is 28.5 Å². The molecule has 6 nitrogen and oxygen atoms in total. The van der Waals surface area contributed by atoms with Crippen molar-refractivity contribution in [2.75, 3.05) is 14.1 Å². The first kappa shape index (κ1) is 16.7. The Morgan fingerprint density at radius 2 is 2.04 bits per heavy atom. The van der Waals surface area contributed by atoms with Crippen LogP contribution in [0.15, 0.2) is 48.8 Å². The Morgan fingerprint density at radius 1 is 1.28 bits per heavy atom. The normalized spacial score (nSPS) is 11.2. The predicted molar refractivity (Wildman–Crippen MR) is 96.5 cm³/mol. The fourth-order valence-corrected chi connectivity index (χ4v) is 2.38. The van der Waals surface area contributed by atoms with Crippen LogP contribution < -0.4 is 4.74 Å². The van der Waals surface area contributed by atoms with Crippen LogP contribution in [0.5, 0.6) is 5.88 Å². The number of hydrogen-bond acceptors (Lipinski definition) is 5. The van der Waals surface area contributed by atoms with Crippen molar-refractivity contribution in [2.45, 2.75) is 13.5 Å². The van der Waals surface area contributed by atoms with Crippen molar-refractivity contribution in [3.8, 4) is 5.88 Å². The van der Waals surface area contributed by atoms with E-state index in [-0.39, 0.29) is 5.78 Å². The van der Waals surface area contributed by atoms with Crippen molar-refractivity contribution < 1.29 is 9.53 Å². The van der Waals surface area contributed by atoms with Gasteiger partial charge in [0.1, 0.15) is 6.61 Å². The van der Waals surface area contributed by atoms with Crippen molar-refractivity contribution in [3.05, 3.63) is 65.6 Å². The molecule has 0 radical (unpaired) electrons. The van der Waals surface area contributed by atoms with Crippen LogP contribution >= 0.6 is 0 Å². The highest BCUT2D eigenvalue weighted by Crippen LogP contribution is 2.19. The summed E-state index contributed by atoms with van der Waals surface area (Å²) in [6.07, 6.45) is 5.29. The molecular weight excluding hydrogens is 316 g/mol. The predicted octanol–water partition coefficient (Wildman–Crippen LogP) is 3.04. The van der Waals surface area contributed by atoms with Crippen LogP contribution in [0.3, 0.4) is 0 Å². The molecule has 0 fully saturated rings. The first-order chi connectivity index (χ1) is 12.0. The van der Waals surface area contributed by atoms with Crippen LogP contribution in [-0.2, 0) is 6.61 Å². The largest absolute Gasteiger partial charge is 0.472 e. The molecule has 0 spiro atoms. The zero-order valence-electron chi connectivity index (χ0n) is 14.5. The van der Waals surface area contributed by atoms with Crippen LogP contribution in [0.25, 0.3) is 11.7 Å². The lowest BCUT2D eigenvalue weighted by atomic mass is 10.1. The van der Waals surface area contributed by atoms with E-state index in [0.29, 0.717) is 29.4 Å². The topological polar surface area (TPSA) is 59.7 Å². The fraction of sp³-hybridized carbons (Fsp3) is 0.211. The monoisotopic (exact) mass is 336 g/mol. The van der Waals surface area contributed by atoms with Gasteiger partial charge in [0.2, 0.25) is 5.88 Å². The van der Waals surface area contributed by atoms with E-state index in [4.69, 9.17) is 4.74 Å². The Kier molecular flexibility index (Phi) is 4.79. The lowest BCUT2D eigenvalue weighted by Crippen LogP contribution is -2.07. The maximum absolute atomic E-state index is 11.9. The molecule has 2 aromatic heterocycles. The van der Waals surface area contributed by atoms with Gasteiger partial charge in [-0.25, -0.2) is 9.50 Å². The van der Waals surface area contributed by atoms with Crippen molar-refractivity contribution in [2.24, 2.45) is 0 Å². The number of Topliss-reactive ketones (excluding diaryl/α,β-unsaturated/α-hetero) is 1. The summed E-state index contributed by atoms with van der Waals surface area (Å²) in [5.41, 5.74) is 2.89. The van der Waals surface area contributed by atoms with Crippen molar-refractivity contribution >= 4 is 17.5 Å². The van der Waals surface area contributed by atoms with E-state index < -0.39 is 0 Å². The highest BCUT2D eigenvalue weighted by Gasteiger charge is 2.13. The number of hydrogen-bond donors (Lipinski definition) is 0. The van der Waals surface area contributed by atoms with E-state index in [1.54, 1.807) is 16.8 Å². The number of rotatable bonds is 6. The molecule has 0 saturated carbocycles. The molecule has 128 valence electrons. The van der Waals surface area contributed by atoms with E-state index >= 15 is 0 Å². The van der Waals surface area contributed by atoms with Gasteiger partial charge in [-0.3, -0.25) is 4.79 Å². The summed E-state index contributed by atoms with van der Waals surface area (Å²) in [6, 6.07) is 11.6.